The third kappa shape index (κ3) is 3.31. The third-order valence-electron chi connectivity index (χ3n) is 0.987. The number of nitrogens with zero attached hydrogens (tertiary/aromatic N) is 3. The Balaban J connectivity index is 0.000000810. The van der Waals surface area contributed by atoms with Gasteiger partial charge in [0.2, 0.25) is 0 Å². The Morgan fingerprint density at radius 1 is 1.50 bits per heavy atom. The van der Waals surface area contributed by atoms with Crippen molar-refractivity contribution in [2.45, 2.75) is 13.0 Å². The van der Waals surface area contributed by atoms with Crippen LogP contribution in [0, 0.1) is 0 Å². The summed E-state index contributed by atoms with van der Waals surface area (Å²) < 4.78 is 1.82. The van der Waals surface area contributed by atoms with E-state index in [1.54, 1.807) is 12.7 Å². The second-order valence-electron chi connectivity index (χ2n) is 1.70. The molecule has 1 aromatic rings. The van der Waals surface area contributed by atoms with E-state index in [0.717, 1.165) is 18.3 Å². The van der Waals surface area contributed by atoms with E-state index < -0.39 is 0 Å². The molecular weight excluding hydrogens is 262 g/mol. The Bertz CT molecular complexity index is 152. The lowest BCUT2D eigenvalue weighted by atomic mass is 10.5. The van der Waals surface area contributed by atoms with Crippen LogP contribution in [-0.4, -0.2) is 20.1 Å². The van der Waals surface area contributed by atoms with Crippen LogP contribution in [-0.2, 0) is 6.54 Å². The fourth-order valence-corrected chi connectivity index (χ4v) is 0.821. The molecule has 0 bridgehead atoms. The second kappa shape index (κ2) is 5.85. The Labute approximate surface area is 78.7 Å². The number of aryl methyl sites for hydroxylation is 1. The Morgan fingerprint density at radius 3 is 2.80 bits per heavy atom. The first kappa shape index (κ1) is 10.1. The van der Waals surface area contributed by atoms with Crippen LogP contribution in [0.2, 0.25) is 0 Å². The summed E-state index contributed by atoms with van der Waals surface area (Å²) in [7, 11) is 0. The van der Waals surface area contributed by atoms with Crippen LogP contribution >= 0.6 is 32.9 Å². The zero-order valence-corrected chi connectivity index (χ0v) is 8.70. The molecule has 0 aliphatic rings. The van der Waals surface area contributed by atoms with Crippen molar-refractivity contribution >= 4 is 32.9 Å². The van der Waals surface area contributed by atoms with Crippen LogP contribution in [0.1, 0.15) is 6.42 Å². The van der Waals surface area contributed by atoms with Crippen molar-refractivity contribution in [3.63, 3.8) is 0 Å². The van der Waals surface area contributed by atoms with Crippen LogP contribution in [0.5, 0.6) is 0 Å². The Morgan fingerprint density at radius 2 is 2.30 bits per heavy atom. The van der Waals surface area contributed by atoms with Gasteiger partial charge in [0, 0.05) is 11.9 Å². The highest BCUT2D eigenvalue weighted by atomic mass is 79.9. The number of aromatic nitrogens is 3. The van der Waals surface area contributed by atoms with Crippen molar-refractivity contribution in [3.05, 3.63) is 12.7 Å². The average Bonchev–Trinajstić information content (AvgIpc) is 2.34. The van der Waals surface area contributed by atoms with Crippen LogP contribution in [0.4, 0.5) is 0 Å². The maximum atomic E-state index is 3.94. The summed E-state index contributed by atoms with van der Waals surface area (Å²) in [5, 5.41) is 4.96. The minimum atomic E-state index is 0. The normalized spacial score (nSPS) is 8.90. The standard InChI is InChI=1S/C5H8BrN3.BrH/c6-2-1-3-9-5-7-4-8-9;/h4-5H,1-3H2;1H. The lowest BCUT2D eigenvalue weighted by Crippen LogP contribution is -1.97. The minimum Gasteiger partial charge on any atom is -0.253 e. The van der Waals surface area contributed by atoms with Crippen LogP contribution in [0.15, 0.2) is 12.7 Å². The van der Waals surface area contributed by atoms with E-state index in [-0.39, 0.29) is 17.0 Å². The van der Waals surface area contributed by atoms with Gasteiger partial charge in [0.25, 0.3) is 0 Å². The zero-order valence-electron chi connectivity index (χ0n) is 5.40. The topological polar surface area (TPSA) is 30.7 Å². The van der Waals surface area contributed by atoms with Gasteiger partial charge in [0.1, 0.15) is 12.7 Å². The predicted octanol–water partition coefficient (Wildman–Crippen LogP) is 1.64. The second-order valence-corrected chi connectivity index (χ2v) is 2.49. The van der Waals surface area contributed by atoms with Gasteiger partial charge in [-0.05, 0) is 6.42 Å². The molecule has 0 saturated carbocycles. The first-order valence-electron chi connectivity index (χ1n) is 2.82. The van der Waals surface area contributed by atoms with Crippen LogP contribution in [0.25, 0.3) is 0 Å². The molecule has 0 N–H and O–H groups in total. The summed E-state index contributed by atoms with van der Waals surface area (Å²) in [6.45, 7) is 0.950. The monoisotopic (exact) mass is 269 g/mol. The van der Waals surface area contributed by atoms with Gasteiger partial charge in [-0.15, -0.1) is 17.0 Å². The summed E-state index contributed by atoms with van der Waals surface area (Å²) in [6, 6.07) is 0. The molecule has 10 heavy (non-hydrogen) atoms. The molecule has 0 atom stereocenters. The maximum absolute atomic E-state index is 3.94. The smallest absolute Gasteiger partial charge is 0.137 e. The molecule has 0 fully saturated rings. The molecule has 0 radical (unpaired) electrons. The SMILES string of the molecule is Br.BrCCCn1cncn1. The Kier molecular flexibility index (Phi) is 5.91. The highest BCUT2D eigenvalue weighted by molar-refractivity contribution is 9.09. The molecule has 0 aliphatic heterocycles. The highest BCUT2D eigenvalue weighted by Gasteiger charge is 1.87. The van der Waals surface area contributed by atoms with E-state index in [4.69, 9.17) is 0 Å². The lowest BCUT2D eigenvalue weighted by Gasteiger charge is -1.93. The van der Waals surface area contributed by atoms with Crippen molar-refractivity contribution in [3.8, 4) is 0 Å². The molecule has 1 aromatic heterocycles. The van der Waals surface area contributed by atoms with E-state index in [1.165, 1.54) is 0 Å². The van der Waals surface area contributed by atoms with E-state index in [1.807, 2.05) is 4.68 Å². The van der Waals surface area contributed by atoms with Gasteiger partial charge < -0.3 is 0 Å². The molecule has 1 rings (SSSR count). The predicted molar refractivity (Wildman–Crippen MR) is 48.8 cm³/mol. The van der Waals surface area contributed by atoms with Crippen molar-refractivity contribution in [2.24, 2.45) is 0 Å². The van der Waals surface area contributed by atoms with E-state index in [9.17, 15) is 0 Å². The first-order valence-corrected chi connectivity index (χ1v) is 3.94. The summed E-state index contributed by atoms with van der Waals surface area (Å²) in [4.78, 5) is 3.81. The van der Waals surface area contributed by atoms with Crippen molar-refractivity contribution in [2.75, 3.05) is 5.33 Å². The first-order chi connectivity index (χ1) is 4.43. The molecule has 1 heterocycles. The van der Waals surface area contributed by atoms with Crippen LogP contribution in [0.3, 0.4) is 0 Å². The molecule has 5 heteroatoms. The van der Waals surface area contributed by atoms with Gasteiger partial charge in [-0.3, -0.25) is 4.68 Å². The van der Waals surface area contributed by atoms with Gasteiger partial charge in [-0.2, -0.15) is 5.10 Å². The minimum absolute atomic E-state index is 0. The number of alkyl halides is 1. The fraction of sp³-hybridized carbons (Fsp3) is 0.600. The quantitative estimate of drug-likeness (QED) is 0.782. The Hall–Kier alpha value is 0.100. The van der Waals surface area contributed by atoms with E-state index >= 15 is 0 Å². The van der Waals surface area contributed by atoms with E-state index in [2.05, 4.69) is 26.0 Å². The maximum Gasteiger partial charge on any atom is 0.137 e. The van der Waals surface area contributed by atoms with Gasteiger partial charge >= 0.3 is 0 Å². The molecular formula is C5H9Br2N3. The summed E-state index contributed by atoms with van der Waals surface area (Å²) in [5.41, 5.74) is 0. The van der Waals surface area contributed by atoms with Crippen LogP contribution < -0.4 is 0 Å². The van der Waals surface area contributed by atoms with Crippen molar-refractivity contribution in [1.82, 2.24) is 14.8 Å². The number of halogens is 2. The van der Waals surface area contributed by atoms with Gasteiger partial charge in [0.15, 0.2) is 0 Å². The third-order valence-corrected chi connectivity index (χ3v) is 1.55. The number of hydrogen-bond acceptors (Lipinski definition) is 2. The van der Waals surface area contributed by atoms with Gasteiger partial charge in [-0.25, -0.2) is 4.98 Å². The molecule has 0 aromatic carbocycles. The summed E-state index contributed by atoms with van der Waals surface area (Å²) in [5.74, 6) is 0. The highest BCUT2D eigenvalue weighted by Crippen LogP contribution is 1.90. The number of rotatable bonds is 3. The number of hydrogen-bond donors (Lipinski definition) is 0. The summed E-state index contributed by atoms with van der Waals surface area (Å²) in [6.07, 6.45) is 4.38. The summed E-state index contributed by atoms with van der Waals surface area (Å²) >= 11 is 3.33. The van der Waals surface area contributed by atoms with E-state index in [0.29, 0.717) is 0 Å². The average molecular weight is 271 g/mol. The largest absolute Gasteiger partial charge is 0.253 e. The van der Waals surface area contributed by atoms with Crippen molar-refractivity contribution in [1.29, 1.82) is 0 Å². The molecule has 0 spiro atoms. The molecule has 0 unspecified atom stereocenters. The molecule has 58 valence electrons. The molecule has 0 saturated heterocycles. The van der Waals surface area contributed by atoms with Crippen molar-refractivity contribution < 1.29 is 0 Å². The molecule has 0 amide bonds. The molecule has 3 nitrogen and oxygen atoms in total. The van der Waals surface area contributed by atoms with Gasteiger partial charge in [-0.1, -0.05) is 15.9 Å². The zero-order chi connectivity index (χ0) is 6.53. The lowest BCUT2D eigenvalue weighted by molar-refractivity contribution is 0.606. The molecule has 0 aliphatic carbocycles. The van der Waals surface area contributed by atoms with Gasteiger partial charge in [0.05, 0.1) is 0 Å². The fourth-order valence-electron chi connectivity index (χ4n) is 0.570.